The van der Waals surface area contributed by atoms with Gasteiger partial charge in [0.25, 0.3) is 0 Å². The zero-order valence-electron chi connectivity index (χ0n) is 2.17. The summed E-state index contributed by atoms with van der Waals surface area (Å²) >= 11 is 0. The first-order valence-corrected chi connectivity index (χ1v) is 0. The van der Waals surface area contributed by atoms with E-state index in [2.05, 4.69) is 0 Å². The van der Waals surface area contributed by atoms with Gasteiger partial charge in [-0.05, 0) is 0 Å². The normalized spacial score (nSPS) is 0. The van der Waals surface area contributed by atoms with Crippen LogP contribution in [0.3, 0.4) is 0 Å². The molecule has 0 saturated carbocycles. The van der Waals surface area contributed by atoms with Crippen molar-refractivity contribution in [1.29, 1.82) is 0 Å². The summed E-state index contributed by atoms with van der Waals surface area (Å²) in [6, 6.07) is 0. The molecule has 0 saturated heterocycles. The second kappa shape index (κ2) is 16.4. The fraction of sp³-hybridized carbons (Fsp3) is 0. The monoisotopic (exact) mass is 588 g/mol. The Morgan fingerprint density at radius 1 is 0.750 bits per heavy atom. The first-order valence-electron chi connectivity index (χ1n) is 0. The van der Waals surface area contributed by atoms with E-state index in [1.165, 1.54) is 0 Å². The Morgan fingerprint density at radius 2 is 0.750 bits per heavy atom. The van der Waals surface area contributed by atoms with Crippen molar-refractivity contribution in [3.05, 3.63) is 0 Å². The van der Waals surface area contributed by atoms with Gasteiger partial charge in [-0.2, -0.15) is 0 Å². The third-order valence-corrected chi connectivity index (χ3v) is 0. The van der Waals surface area contributed by atoms with Crippen molar-refractivity contribution in [2.75, 3.05) is 0 Å². The van der Waals surface area contributed by atoms with E-state index in [-0.39, 0.29) is 99.7 Å². The van der Waals surface area contributed by atoms with Gasteiger partial charge >= 0.3 is 51.7 Å². The predicted molar refractivity (Wildman–Crippen MR) is 46.5 cm³/mol. The molecule has 0 rings (SSSR count). The van der Waals surface area contributed by atoms with Gasteiger partial charge in [0.15, 0.2) is 0 Å². The van der Waals surface area contributed by atoms with E-state index < -0.39 is 0 Å². The first-order chi connectivity index (χ1) is 0. The predicted octanol–water partition coefficient (Wildman–Crippen LogP) is -0.329. The molecule has 28 valence electrons. The van der Waals surface area contributed by atoms with Crippen LogP contribution in [0, 0.1) is 0 Å². The van der Waals surface area contributed by atoms with Gasteiger partial charge in [-0.3, -0.25) is 0 Å². The maximum atomic E-state index is 0. The molecule has 0 nitrogen and oxygen atoms in total. The van der Waals surface area contributed by atoms with E-state index in [0.717, 1.165) is 0 Å². The average molecular weight is 588 g/mol. The Labute approximate surface area is 97.5 Å². The van der Waals surface area contributed by atoms with Crippen LogP contribution in [0.1, 0.15) is 0 Å². The molecule has 4 radical (unpaired) electrons. The van der Waals surface area contributed by atoms with Gasteiger partial charge in [0, 0.05) is 48.0 Å². The molecule has 0 N–H and O–H groups in total. The maximum absolute atomic E-state index is 0. The molecule has 0 aromatic heterocycles. The van der Waals surface area contributed by atoms with Crippen molar-refractivity contribution in [1.82, 2.24) is 0 Å². The molecular formula is H5I2PbSb. The van der Waals surface area contributed by atoms with Gasteiger partial charge in [0.2, 0.25) is 0 Å². The van der Waals surface area contributed by atoms with Gasteiger partial charge in [0.1, 0.15) is 0 Å². The number of halogens is 2. The molecule has 0 aromatic rings. The quantitative estimate of drug-likeness (QED) is 0.269. The molecule has 0 aliphatic rings. The minimum absolute atomic E-state index is 0. The zero-order chi connectivity index (χ0) is 0. The molecule has 0 atom stereocenters. The van der Waals surface area contributed by atoms with Crippen LogP contribution < -0.4 is 0 Å². The van der Waals surface area contributed by atoms with Gasteiger partial charge in [-0.15, -0.1) is 0 Å². The van der Waals surface area contributed by atoms with E-state index in [1.54, 1.807) is 0 Å². The van der Waals surface area contributed by atoms with Crippen LogP contribution >= 0.6 is 48.0 Å². The van der Waals surface area contributed by atoms with Gasteiger partial charge < -0.3 is 0 Å². The molecule has 0 aliphatic carbocycles. The third kappa shape index (κ3) is 8.96. The van der Waals surface area contributed by atoms with Crippen molar-refractivity contribution >= 4 is 99.7 Å². The molecule has 0 spiro atoms. The number of rotatable bonds is 0. The summed E-state index contributed by atoms with van der Waals surface area (Å²) < 4.78 is 0. The van der Waals surface area contributed by atoms with Crippen molar-refractivity contribution < 1.29 is 0 Å². The standard InChI is InChI=1S/2I.Pb.Sb.5H. The molecule has 0 heterocycles. The van der Waals surface area contributed by atoms with E-state index >= 15 is 0 Å². The van der Waals surface area contributed by atoms with Crippen molar-refractivity contribution in [3.8, 4) is 0 Å². The summed E-state index contributed by atoms with van der Waals surface area (Å²) in [5.41, 5.74) is 0. The molecule has 0 bridgehead atoms. The third-order valence-electron chi connectivity index (χ3n) is 0. The Hall–Kier alpha value is 3.20. The minimum atomic E-state index is 0. The molecule has 0 fully saturated rings. The van der Waals surface area contributed by atoms with Crippen molar-refractivity contribution in [2.24, 2.45) is 0 Å². The van der Waals surface area contributed by atoms with Gasteiger partial charge in [-0.1, -0.05) is 0 Å². The SMILES string of the molecule is [I].[I].[PbH2].[SbH3]. The van der Waals surface area contributed by atoms with Crippen LogP contribution in [0.15, 0.2) is 0 Å². The average Bonchev–Trinajstić information content (AvgIpc) is 0. The summed E-state index contributed by atoms with van der Waals surface area (Å²) in [5, 5.41) is 0. The van der Waals surface area contributed by atoms with E-state index in [9.17, 15) is 0 Å². The fourth-order valence-corrected chi connectivity index (χ4v) is 0. The summed E-state index contributed by atoms with van der Waals surface area (Å²) in [7, 11) is 0. The summed E-state index contributed by atoms with van der Waals surface area (Å²) in [5.74, 6) is 0. The van der Waals surface area contributed by atoms with E-state index in [1.807, 2.05) is 0 Å². The van der Waals surface area contributed by atoms with Crippen LogP contribution in [-0.4, -0.2) is 51.7 Å². The van der Waals surface area contributed by atoms with E-state index in [0.29, 0.717) is 0 Å². The molecule has 0 unspecified atom stereocenters. The van der Waals surface area contributed by atoms with Crippen LogP contribution in [0.25, 0.3) is 0 Å². The van der Waals surface area contributed by atoms with E-state index in [4.69, 9.17) is 0 Å². The van der Waals surface area contributed by atoms with Crippen LogP contribution in [-0.2, 0) is 0 Å². The Morgan fingerprint density at radius 3 is 0.750 bits per heavy atom. The summed E-state index contributed by atoms with van der Waals surface area (Å²) in [4.78, 5) is 0. The van der Waals surface area contributed by atoms with Crippen LogP contribution in [0.4, 0.5) is 0 Å². The number of hydrogen-bond acceptors (Lipinski definition) is 0. The van der Waals surface area contributed by atoms with Gasteiger partial charge in [-0.25, -0.2) is 0 Å². The fourth-order valence-electron chi connectivity index (χ4n) is 0. The summed E-state index contributed by atoms with van der Waals surface area (Å²) in [6.45, 7) is 0. The summed E-state index contributed by atoms with van der Waals surface area (Å²) in [6.07, 6.45) is 0. The van der Waals surface area contributed by atoms with Crippen LogP contribution in [0.2, 0.25) is 0 Å². The van der Waals surface area contributed by atoms with Crippen LogP contribution in [0.5, 0.6) is 0 Å². The Bertz CT molecular complexity index is 6.00. The molecule has 4 heavy (non-hydrogen) atoms. The van der Waals surface area contributed by atoms with Crippen molar-refractivity contribution in [2.45, 2.75) is 0 Å². The topological polar surface area (TPSA) is 0 Å². The molecule has 4 heteroatoms. The van der Waals surface area contributed by atoms with Crippen molar-refractivity contribution in [3.63, 3.8) is 0 Å². The zero-order valence-corrected chi connectivity index (χ0v) is 16.0. The number of hydrogen-bond donors (Lipinski definition) is 0. The molecule has 0 aliphatic heterocycles. The Balaban J connectivity index is 0. The molecular weight excluding hydrogens is 583 g/mol. The second-order valence-electron chi connectivity index (χ2n) is 0. The second-order valence-corrected chi connectivity index (χ2v) is 0. The Kier molecular flexibility index (Phi) is 111. The van der Waals surface area contributed by atoms with Gasteiger partial charge in [0.05, 0.1) is 0 Å². The first kappa shape index (κ1) is 27.0. The molecule has 0 amide bonds. The molecule has 0 aromatic carbocycles.